The van der Waals surface area contributed by atoms with Crippen molar-refractivity contribution >= 4 is 0 Å². The lowest BCUT2D eigenvalue weighted by Crippen LogP contribution is -2.62. The molecule has 0 radical (unpaired) electrons. The quantitative estimate of drug-likeness (QED) is 0.628. The van der Waals surface area contributed by atoms with E-state index >= 15 is 0 Å². The van der Waals surface area contributed by atoms with E-state index in [0.717, 1.165) is 0 Å². The van der Waals surface area contributed by atoms with Crippen molar-refractivity contribution in [2.75, 3.05) is 19.8 Å². The molecular weight excluding hydrogens is 182 g/mol. The molecule has 0 amide bonds. The standard InChI is InChI=1S/C10H19NO3/c1-8(2)5-10(12,7-14-8)9(11)3-4-13-6-9/h12H,3-7,11H2,1-2H3. The Labute approximate surface area is 84.4 Å². The van der Waals surface area contributed by atoms with E-state index < -0.39 is 11.1 Å². The Hall–Kier alpha value is -0.160. The van der Waals surface area contributed by atoms with Crippen LogP contribution in [0.5, 0.6) is 0 Å². The molecule has 4 heteroatoms. The van der Waals surface area contributed by atoms with Gasteiger partial charge < -0.3 is 20.3 Å². The molecule has 2 atom stereocenters. The van der Waals surface area contributed by atoms with E-state index in [4.69, 9.17) is 15.2 Å². The zero-order valence-corrected chi connectivity index (χ0v) is 8.88. The number of hydrogen-bond acceptors (Lipinski definition) is 4. The van der Waals surface area contributed by atoms with Crippen LogP contribution in [0.4, 0.5) is 0 Å². The Kier molecular flexibility index (Phi) is 2.16. The van der Waals surface area contributed by atoms with Gasteiger partial charge >= 0.3 is 0 Å². The van der Waals surface area contributed by atoms with Gasteiger partial charge in [-0.15, -0.1) is 0 Å². The molecule has 2 rings (SSSR count). The van der Waals surface area contributed by atoms with Crippen LogP contribution in [-0.2, 0) is 9.47 Å². The molecule has 4 nitrogen and oxygen atoms in total. The maximum Gasteiger partial charge on any atom is 0.111 e. The maximum atomic E-state index is 10.5. The third-order valence-corrected chi connectivity index (χ3v) is 3.40. The van der Waals surface area contributed by atoms with Crippen LogP contribution in [0.1, 0.15) is 26.7 Å². The normalized spacial score (nSPS) is 47.1. The molecule has 2 aliphatic heterocycles. The Morgan fingerprint density at radius 3 is 2.43 bits per heavy atom. The largest absolute Gasteiger partial charge is 0.385 e. The summed E-state index contributed by atoms with van der Waals surface area (Å²) >= 11 is 0. The third kappa shape index (κ3) is 1.46. The van der Waals surface area contributed by atoms with Crippen molar-refractivity contribution in [2.24, 2.45) is 5.73 Å². The summed E-state index contributed by atoms with van der Waals surface area (Å²) in [5.74, 6) is 0. The van der Waals surface area contributed by atoms with Crippen LogP contribution < -0.4 is 5.73 Å². The predicted octanol–water partition coefficient (Wildman–Crippen LogP) is 0.0342. The van der Waals surface area contributed by atoms with Gasteiger partial charge in [0.05, 0.1) is 24.4 Å². The highest BCUT2D eigenvalue weighted by molar-refractivity contribution is 5.11. The summed E-state index contributed by atoms with van der Waals surface area (Å²) in [4.78, 5) is 0. The maximum absolute atomic E-state index is 10.5. The summed E-state index contributed by atoms with van der Waals surface area (Å²) in [6, 6.07) is 0. The summed E-state index contributed by atoms with van der Waals surface area (Å²) < 4.78 is 10.8. The van der Waals surface area contributed by atoms with E-state index in [9.17, 15) is 5.11 Å². The third-order valence-electron chi connectivity index (χ3n) is 3.40. The van der Waals surface area contributed by atoms with E-state index in [2.05, 4.69) is 0 Å². The fourth-order valence-electron chi connectivity index (χ4n) is 2.39. The van der Waals surface area contributed by atoms with Crippen LogP contribution in [0.25, 0.3) is 0 Å². The molecule has 2 aliphatic rings. The number of nitrogens with two attached hydrogens (primary N) is 1. The molecule has 2 heterocycles. The zero-order chi connectivity index (χ0) is 10.4. The second-order valence-electron chi connectivity index (χ2n) is 5.22. The zero-order valence-electron chi connectivity index (χ0n) is 8.88. The van der Waals surface area contributed by atoms with Gasteiger partial charge in [0.15, 0.2) is 0 Å². The average Bonchev–Trinajstić information content (AvgIpc) is 2.59. The minimum atomic E-state index is -0.924. The Morgan fingerprint density at radius 2 is 2.00 bits per heavy atom. The minimum absolute atomic E-state index is 0.274. The van der Waals surface area contributed by atoms with Crippen LogP contribution in [0, 0.1) is 0 Å². The lowest BCUT2D eigenvalue weighted by atomic mass is 9.76. The minimum Gasteiger partial charge on any atom is -0.385 e. The molecule has 82 valence electrons. The van der Waals surface area contributed by atoms with Gasteiger partial charge in [0.2, 0.25) is 0 Å². The van der Waals surface area contributed by atoms with Crippen molar-refractivity contribution < 1.29 is 14.6 Å². The topological polar surface area (TPSA) is 64.7 Å². The number of aliphatic hydroxyl groups is 1. The van der Waals surface area contributed by atoms with E-state index in [-0.39, 0.29) is 5.60 Å². The smallest absolute Gasteiger partial charge is 0.111 e. The summed E-state index contributed by atoms with van der Waals surface area (Å²) in [6.07, 6.45) is 1.29. The van der Waals surface area contributed by atoms with Crippen molar-refractivity contribution in [1.29, 1.82) is 0 Å². The number of rotatable bonds is 1. The molecule has 0 aromatic carbocycles. The lowest BCUT2D eigenvalue weighted by molar-refractivity contribution is -0.0461. The summed E-state index contributed by atoms with van der Waals surface area (Å²) in [6.45, 7) is 5.34. The SMILES string of the molecule is CC1(C)CC(O)(C2(N)CCOC2)CO1. The van der Waals surface area contributed by atoms with Crippen LogP contribution in [-0.4, -0.2) is 41.7 Å². The molecule has 0 saturated carbocycles. The van der Waals surface area contributed by atoms with Crippen LogP contribution in [0.3, 0.4) is 0 Å². The Balaban J connectivity index is 2.17. The summed E-state index contributed by atoms with van der Waals surface area (Å²) in [5, 5.41) is 10.5. The van der Waals surface area contributed by atoms with Gasteiger partial charge in [-0.3, -0.25) is 0 Å². The molecule has 14 heavy (non-hydrogen) atoms. The summed E-state index contributed by atoms with van der Waals surface area (Å²) in [7, 11) is 0. The first-order chi connectivity index (χ1) is 6.37. The Bertz CT molecular complexity index is 236. The molecule has 3 N–H and O–H groups in total. The van der Waals surface area contributed by atoms with Crippen LogP contribution in [0.15, 0.2) is 0 Å². The molecule has 0 aliphatic carbocycles. The van der Waals surface area contributed by atoms with Crippen LogP contribution in [0.2, 0.25) is 0 Å². The van der Waals surface area contributed by atoms with Crippen molar-refractivity contribution in [2.45, 2.75) is 43.4 Å². The van der Waals surface area contributed by atoms with E-state index in [1.54, 1.807) is 0 Å². The molecule has 2 fully saturated rings. The van der Waals surface area contributed by atoms with Gasteiger partial charge in [0, 0.05) is 13.0 Å². The van der Waals surface area contributed by atoms with Crippen molar-refractivity contribution in [3.05, 3.63) is 0 Å². The summed E-state index contributed by atoms with van der Waals surface area (Å²) in [5.41, 5.74) is 4.34. The molecule has 2 unspecified atom stereocenters. The van der Waals surface area contributed by atoms with Crippen molar-refractivity contribution in [3.8, 4) is 0 Å². The van der Waals surface area contributed by atoms with Gasteiger partial charge in [-0.1, -0.05) is 0 Å². The van der Waals surface area contributed by atoms with E-state index in [0.29, 0.717) is 32.7 Å². The predicted molar refractivity (Wildman–Crippen MR) is 52.0 cm³/mol. The molecule has 0 aromatic heterocycles. The highest BCUT2D eigenvalue weighted by Crippen LogP contribution is 2.41. The highest BCUT2D eigenvalue weighted by Gasteiger charge is 2.56. The van der Waals surface area contributed by atoms with Gasteiger partial charge in [-0.25, -0.2) is 0 Å². The first-order valence-electron chi connectivity index (χ1n) is 5.10. The second-order valence-corrected chi connectivity index (χ2v) is 5.22. The van der Waals surface area contributed by atoms with E-state index in [1.165, 1.54) is 0 Å². The molecule has 0 aromatic rings. The molecular formula is C10H19NO3. The first-order valence-corrected chi connectivity index (χ1v) is 5.10. The van der Waals surface area contributed by atoms with Gasteiger partial charge in [-0.2, -0.15) is 0 Å². The fourth-order valence-corrected chi connectivity index (χ4v) is 2.39. The van der Waals surface area contributed by atoms with Gasteiger partial charge in [-0.05, 0) is 20.3 Å². The fraction of sp³-hybridized carbons (Fsp3) is 1.00. The first kappa shape index (κ1) is 10.4. The number of hydrogen-bond donors (Lipinski definition) is 2. The monoisotopic (exact) mass is 201 g/mol. The van der Waals surface area contributed by atoms with Crippen LogP contribution >= 0.6 is 0 Å². The second kappa shape index (κ2) is 2.92. The highest BCUT2D eigenvalue weighted by atomic mass is 16.5. The lowest BCUT2D eigenvalue weighted by Gasteiger charge is -2.37. The van der Waals surface area contributed by atoms with Crippen molar-refractivity contribution in [3.63, 3.8) is 0 Å². The molecule has 0 spiro atoms. The Morgan fingerprint density at radius 1 is 1.29 bits per heavy atom. The number of ether oxygens (including phenoxy) is 2. The van der Waals surface area contributed by atoms with Gasteiger partial charge in [0.1, 0.15) is 5.60 Å². The molecule has 0 bridgehead atoms. The van der Waals surface area contributed by atoms with Crippen molar-refractivity contribution in [1.82, 2.24) is 0 Å². The average molecular weight is 201 g/mol. The molecule has 2 saturated heterocycles. The van der Waals surface area contributed by atoms with Gasteiger partial charge in [0.25, 0.3) is 0 Å². The van der Waals surface area contributed by atoms with E-state index in [1.807, 2.05) is 13.8 Å².